The number of nitrogens with zero attached hydrogens (tertiary/aromatic N) is 2. The predicted octanol–water partition coefficient (Wildman–Crippen LogP) is 3.04. The maximum Gasteiger partial charge on any atom is 0.289 e. The first-order valence-electron chi connectivity index (χ1n) is 9.40. The first-order valence-corrected chi connectivity index (χ1v) is 10.8. The molecule has 2 heterocycles. The molecule has 0 aliphatic carbocycles. The van der Waals surface area contributed by atoms with Gasteiger partial charge in [0.15, 0.2) is 5.76 Å². The summed E-state index contributed by atoms with van der Waals surface area (Å²) in [6.07, 6.45) is 1.71. The van der Waals surface area contributed by atoms with Crippen molar-refractivity contribution in [3.05, 3.63) is 47.4 Å². The van der Waals surface area contributed by atoms with Crippen molar-refractivity contribution >= 4 is 15.9 Å². The third-order valence-electron chi connectivity index (χ3n) is 4.77. The first-order chi connectivity index (χ1) is 13.3. The summed E-state index contributed by atoms with van der Waals surface area (Å²) in [5.74, 6) is 0.687. The molecule has 1 amide bonds. The van der Waals surface area contributed by atoms with Gasteiger partial charge in [0.25, 0.3) is 5.91 Å². The van der Waals surface area contributed by atoms with E-state index in [4.69, 9.17) is 9.15 Å². The van der Waals surface area contributed by atoms with Crippen molar-refractivity contribution < 1.29 is 22.4 Å². The highest BCUT2D eigenvalue weighted by Gasteiger charge is 2.32. The third kappa shape index (κ3) is 4.23. The van der Waals surface area contributed by atoms with Crippen LogP contribution in [0.1, 0.15) is 41.6 Å². The second-order valence-electron chi connectivity index (χ2n) is 6.88. The monoisotopic (exact) mass is 406 g/mol. The van der Waals surface area contributed by atoms with Crippen LogP contribution in [-0.2, 0) is 16.6 Å². The van der Waals surface area contributed by atoms with E-state index in [9.17, 15) is 13.2 Å². The van der Waals surface area contributed by atoms with Crippen molar-refractivity contribution in [3.8, 4) is 5.75 Å². The highest BCUT2D eigenvalue weighted by molar-refractivity contribution is 7.89. The number of sulfonamides is 1. The highest BCUT2D eigenvalue weighted by Crippen LogP contribution is 2.27. The molecule has 1 fully saturated rings. The van der Waals surface area contributed by atoms with Gasteiger partial charge in [-0.1, -0.05) is 12.1 Å². The summed E-state index contributed by atoms with van der Waals surface area (Å²) in [5, 5.41) is 0. The molecule has 1 aromatic carbocycles. The molecule has 0 atom stereocenters. The summed E-state index contributed by atoms with van der Waals surface area (Å²) in [4.78, 5) is 14.3. The molecule has 8 heteroatoms. The second kappa shape index (κ2) is 8.36. The van der Waals surface area contributed by atoms with Gasteiger partial charge in [0.1, 0.15) is 16.4 Å². The molecule has 0 N–H and O–H groups in total. The Hall–Kier alpha value is -2.32. The number of aryl methyl sites for hydroxylation is 1. The van der Waals surface area contributed by atoms with Gasteiger partial charge in [-0.25, -0.2) is 8.42 Å². The van der Waals surface area contributed by atoms with Crippen molar-refractivity contribution in [1.82, 2.24) is 9.21 Å². The molecule has 0 spiro atoms. The summed E-state index contributed by atoms with van der Waals surface area (Å²) >= 11 is 0. The predicted molar refractivity (Wildman–Crippen MR) is 105 cm³/mol. The Morgan fingerprint density at radius 1 is 1.21 bits per heavy atom. The van der Waals surface area contributed by atoms with E-state index in [-0.39, 0.29) is 22.3 Å². The quantitative estimate of drug-likeness (QED) is 0.706. The number of carbonyl (C=O) groups excluding carboxylic acids is 1. The van der Waals surface area contributed by atoms with Crippen molar-refractivity contribution in [2.45, 2.75) is 38.1 Å². The van der Waals surface area contributed by atoms with Gasteiger partial charge in [-0.05, 0) is 44.4 Å². The highest BCUT2D eigenvalue weighted by atomic mass is 32.2. The topological polar surface area (TPSA) is 80.1 Å². The van der Waals surface area contributed by atoms with Gasteiger partial charge >= 0.3 is 0 Å². The van der Waals surface area contributed by atoms with E-state index in [1.165, 1.54) is 15.3 Å². The van der Waals surface area contributed by atoms with E-state index in [1.807, 2.05) is 31.2 Å². The minimum absolute atomic E-state index is 0.0312. The Morgan fingerprint density at radius 2 is 1.86 bits per heavy atom. The zero-order valence-corrected chi connectivity index (χ0v) is 17.3. The molecule has 2 aromatic rings. The van der Waals surface area contributed by atoms with E-state index in [0.29, 0.717) is 26.2 Å². The molecule has 3 rings (SSSR count). The lowest BCUT2D eigenvalue weighted by Gasteiger charge is -2.16. The average molecular weight is 407 g/mol. The molecule has 152 valence electrons. The zero-order chi connectivity index (χ0) is 20.3. The van der Waals surface area contributed by atoms with Gasteiger partial charge in [0, 0.05) is 32.7 Å². The molecule has 1 aromatic heterocycles. The molecule has 1 saturated heterocycles. The second-order valence-corrected chi connectivity index (χ2v) is 8.79. The minimum atomic E-state index is -3.62. The molecule has 0 bridgehead atoms. The number of ether oxygens (including phenoxy) is 1. The van der Waals surface area contributed by atoms with Crippen LogP contribution < -0.4 is 4.74 Å². The number of amides is 1. The van der Waals surface area contributed by atoms with Gasteiger partial charge in [0.05, 0.1) is 6.61 Å². The van der Waals surface area contributed by atoms with Crippen molar-refractivity contribution in [3.63, 3.8) is 0 Å². The lowest BCUT2D eigenvalue weighted by molar-refractivity contribution is 0.0752. The number of furan rings is 1. The lowest BCUT2D eigenvalue weighted by atomic mass is 10.2. The third-order valence-corrected chi connectivity index (χ3v) is 6.77. The van der Waals surface area contributed by atoms with Crippen LogP contribution in [0.25, 0.3) is 0 Å². The van der Waals surface area contributed by atoms with E-state index in [2.05, 4.69) is 0 Å². The van der Waals surface area contributed by atoms with Crippen LogP contribution in [0.4, 0.5) is 0 Å². The Bertz CT molecular complexity index is 928. The van der Waals surface area contributed by atoms with Crippen LogP contribution in [0.5, 0.6) is 5.75 Å². The summed E-state index contributed by atoms with van der Waals surface area (Å²) in [7, 11) is -1.96. The number of rotatable bonds is 7. The Balaban J connectivity index is 1.73. The summed E-state index contributed by atoms with van der Waals surface area (Å²) in [6, 6.07) is 8.85. The summed E-state index contributed by atoms with van der Waals surface area (Å²) in [5.41, 5.74) is 0.937. The number of hydrogen-bond acceptors (Lipinski definition) is 5. The van der Waals surface area contributed by atoms with Gasteiger partial charge in [-0.15, -0.1) is 0 Å². The minimum Gasteiger partial charge on any atom is -0.494 e. The van der Waals surface area contributed by atoms with Gasteiger partial charge in [-0.2, -0.15) is 4.31 Å². The number of hydrogen-bond donors (Lipinski definition) is 0. The van der Waals surface area contributed by atoms with E-state index in [0.717, 1.165) is 24.2 Å². The molecule has 28 heavy (non-hydrogen) atoms. The van der Waals surface area contributed by atoms with E-state index < -0.39 is 10.0 Å². The average Bonchev–Trinajstić information content (AvgIpc) is 3.33. The van der Waals surface area contributed by atoms with Crippen LogP contribution in [0.3, 0.4) is 0 Å². The van der Waals surface area contributed by atoms with E-state index in [1.54, 1.807) is 14.0 Å². The lowest BCUT2D eigenvalue weighted by Crippen LogP contribution is -2.28. The van der Waals surface area contributed by atoms with E-state index >= 15 is 0 Å². The summed E-state index contributed by atoms with van der Waals surface area (Å²) < 4.78 is 37.9. The normalized spacial score (nSPS) is 15.0. The smallest absolute Gasteiger partial charge is 0.289 e. The van der Waals surface area contributed by atoms with Crippen molar-refractivity contribution in [2.75, 3.05) is 26.7 Å². The molecule has 0 unspecified atom stereocenters. The number of carbonyl (C=O) groups is 1. The van der Waals surface area contributed by atoms with Crippen LogP contribution in [0, 0.1) is 6.92 Å². The van der Waals surface area contributed by atoms with Crippen LogP contribution in [0.15, 0.2) is 39.6 Å². The summed E-state index contributed by atoms with van der Waals surface area (Å²) in [6.45, 7) is 5.48. The number of benzene rings is 1. The molecule has 1 aliphatic heterocycles. The molecule has 7 nitrogen and oxygen atoms in total. The fourth-order valence-electron chi connectivity index (χ4n) is 3.29. The standard InChI is InChI=1S/C20H26N2O5S/c1-4-26-17-9-7-16(8-10-17)14-21(3)20(23)18-13-19(15(2)27-18)28(24,25)22-11-5-6-12-22/h7-10,13H,4-6,11-12,14H2,1-3H3. The molecule has 0 radical (unpaired) electrons. The first kappa shape index (κ1) is 20.4. The van der Waals surface area contributed by atoms with Crippen molar-refractivity contribution in [1.29, 1.82) is 0 Å². The largest absolute Gasteiger partial charge is 0.494 e. The fourth-order valence-corrected chi connectivity index (χ4v) is 4.96. The zero-order valence-electron chi connectivity index (χ0n) is 16.5. The Morgan fingerprint density at radius 3 is 2.46 bits per heavy atom. The maximum atomic E-state index is 12.8. The van der Waals surface area contributed by atoms with Crippen molar-refractivity contribution in [2.24, 2.45) is 0 Å². The molecule has 1 aliphatic rings. The van der Waals surface area contributed by atoms with Crippen LogP contribution >= 0.6 is 0 Å². The van der Waals surface area contributed by atoms with Gasteiger partial charge < -0.3 is 14.1 Å². The molecular formula is C20H26N2O5S. The van der Waals surface area contributed by atoms with Crippen LogP contribution in [0.2, 0.25) is 0 Å². The molecular weight excluding hydrogens is 380 g/mol. The SMILES string of the molecule is CCOc1ccc(CN(C)C(=O)c2cc(S(=O)(=O)N3CCCC3)c(C)o2)cc1. The Labute approximate surface area is 165 Å². The molecule has 0 saturated carbocycles. The fraction of sp³-hybridized carbons (Fsp3) is 0.450. The Kier molecular flexibility index (Phi) is 6.10. The van der Waals surface area contributed by atoms with Crippen LogP contribution in [-0.4, -0.2) is 50.3 Å². The van der Waals surface area contributed by atoms with Gasteiger partial charge in [-0.3, -0.25) is 4.79 Å². The maximum absolute atomic E-state index is 12.8. The van der Waals surface area contributed by atoms with Gasteiger partial charge in [0.2, 0.25) is 10.0 Å².